The zero-order valence-electron chi connectivity index (χ0n) is 11.4. The van der Waals surface area contributed by atoms with Gasteiger partial charge in [-0.05, 0) is 29.5 Å². The summed E-state index contributed by atoms with van der Waals surface area (Å²) in [6.07, 6.45) is 3.55. The highest BCUT2D eigenvalue weighted by atomic mass is 14.2. The molecule has 0 heterocycles. The smallest absolute Gasteiger partial charge is 0.00894 e. The second kappa shape index (κ2) is 6.39. The quantitative estimate of drug-likeness (QED) is 0.673. The molecule has 18 heavy (non-hydrogen) atoms. The van der Waals surface area contributed by atoms with Crippen LogP contribution in [-0.4, -0.2) is 0 Å². The van der Waals surface area contributed by atoms with Crippen molar-refractivity contribution in [3.8, 4) is 0 Å². The molecule has 0 fully saturated rings. The molecule has 0 nitrogen and oxygen atoms in total. The van der Waals surface area contributed by atoms with E-state index >= 15 is 0 Å². The Kier molecular flexibility index (Phi) is 4.58. The first-order valence-corrected chi connectivity index (χ1v) is 6.99. The van der Waals surface area contributed by atoms with E-state index in [-0.39, 0.29) is 0 Å². The molecule has 0 radical (unpaired) electrons. The molecule has 0 amide bonds. The van der Waals surface area contributed by atoms with Crippen molar-refractivity contribution in [2.24, 2.45) is 0 Å². The Hall–Kier alpha value is -1.56. The molecule has 0 N–H and O–H groups in total. The van der Waals surface area contributed by atoms with Gasteiger partial charge in [0.15, 0.2) is 0 Å². The van der Waals surface area contributed by atoms with E-state index < -0.39 is 0 Å². The Labute approximate surface area is 111 Å². The third-order valence-corrected chi connectivity index (χ3v) is 3.56. The molecule has 0 aromatic heterocycles. The molecule has 0 spiro atoms. The first-order valence-electron chi connectivity index (χ1n) is 6.99. The van der Waals surface area contributed by atoms with Crippen molar-refractivity contribution < 1.29 is 0 Å². The lowest BCUT2D eigenvalue weighted by molar-refractivity contribution is 0.757. The number of benzene rings is 2. The Morgan fingerprint density at radius 1 is 0.833 bits per heavy atom. The molecule has 0 heteroatoms. The van der Waals surface area contributed by atoms with Gasteiger partial charge in [0.25, 0.3) is 0 Å². The van der Waals surface area contributed by atoms with Gasteiger partial charge in [-0.25, -0.2) is 0 Å². The Balaban J connectivity index is 2.39. The second-order valence-electron chi connectivity index (χ2n) is 4.82. The minimum atomic E-state index is 0.536. The molecule has 2 aromatic carbocycles. The molecule has 0 aliphatic rings. The van der Waals surface area contributed by atoms with Gasteiger partial charge in [0.1, 0.15) is 0 Å². The number of hydrogen-bond acceptors (Lipinski definition) is 0. The lowest BCUT2D eigenvalue weighted by Gasteiger charge is -2.19. The predicted octanol–water partition coefficient (Wildman–Crippen LogP) is 5.18. The summed E-state index contributed by atoms with van der Waals surface area (Å²) in [5.41, 5.74) is 4.45. The Bertz CT molecular complexity index is 470. The van der Waals surface area contributed by atoms with Crippen molar-refractivity contribution in [3.05, 3.63) is 71.3 Å². The average molecular weight is 238 g/mol. The SMILES string of the molecule is CCCc1ccccc1C(CC)c1ccccc1. The number of rotatable bonds is 5. The van der Waals surface area contributed by atoms with E-state index in [9.17, 15) is 0 Å². The van der Waals surface area contributed by atoms with Crippen LogP contribution in [0.5, 0.6) is 0 Å². The van der Waals surface area contributed by atoms with E-state index in [1.54, 1.807) is 0 Å². The van der Waals surface area contributed by atoms with Gasteiger partial charge in [-0.1, -0.05) is 74.9 Å². The molecule has 1 unspecified atom stereocenters. The van der Waals surface area contributed by atoms with Crippen molar-refractivity contribution in [1.82, 2.24) is 0 Å². The Morgan fingerprint density at radius 3 is 2.17 bits per heavy atom. The van der Waals surface area contributed by atoms with Crippen LogP contribution in [-0.2, 0) is 6.42 Å². The van der Waals surface area contributed by atoms with Gasteiger partial charge >= 0.3 is 0 Å². The van der Waals surface area contributed by atoms with E-state index in [0.717, 1.165) is 6.42 Å². The van der Waals surface area contributed by atoms with Gasteiger partial charge in [-0.2, -0.15) is 0 Å². The molecule has 0 saturated heterocycles. The minimum absolute atomic E-state index is 0.536. The molecule has 1 atom stereocenters. The summed E-state index contributed by atoms with van der Waals surface area (Å²) in [7, 11) is 0. The average Bonchev–Trinajstić information content (AvgIpc) is 2.43. The van der Waals surface area contributed by atoms with Crippen molar-refractivity contribution >= 4 is 0 Å². The maximum absolute atomic E-state index is 2.30. The molecule has 0 aliphatic carbocycles. The normalized spacial score (nSPS) is 12.3. The van der Waals surface area contributed by atoms with Crippen LogP contribution < -0.4 is 0 Å². The topological polar surface area (TPSA) is 0 Å². The third kappa shape index (κ3) is 2.81. The number of hydrogen-bond donors (Lipinski definition) is 0. The summed E-state index contributed by atoms with van der Waals surface area (Å²) >= 11 is 0. The first kappa shape index (κ1) is 12.9. The monoisotopic (exact) mass is 238 g/mol. The zero-order chi connectivity index (χ0) is 12.8. The van der Waals surface area contributed by atoms with Gasteiger partial charge in [-0.3, -0.25) is 0 Å². The van der Waals surface area contributed by atoms with Crippen LogP contribution in [0, 0.1) is 0 Å². The summed E-state index contributed by atoms with van der Waals surface area (Å²) in [5.74, 6) is 0.536. The molecule has 2 aromatic rings. The fraction of sp³-hybridized carbons (Fsp3) is 0.333. The highest BCUT2D eigenvalue weighted by Gasteiger charge is 2.14. The summed E-state index contributed by atoms with van der Waals surface area (Å²) < 4.78 is 0. The molecule has 0 saturated carbocycles. The van der Waals surface area contributed by atoms with E-state index in [2.05, 4.69) is 68.4 Å². The van der Waals surface area contributed by atoms with Crippen LogP contribution >= 0.6 is 0 Å². The van der Waals surface area contributed by atoms with Crippen LogP contribution in [0.25, 0.3) is 0 Å². The fourth-order valence-electron chi connectivity index (χ4n) is 2.69. The van der Waals surface area contributed by atoms with Gasteiger partial charge in [0.2, 0.25) is 0 Å². The van der Waals surface area contributed by atoms with Crippen molar-refractivity contribution in [1.29, 1.82) is 0 Å². The highest BCUT2D eigenvalue weighted by molar-refractivity contribution is 5.38. The fourth-order valence-corrected chi connectivity index (χ4v) is 2.69. The summed E-state index contributed by atoms with van der Waals surface area (Å²) in [4.78, 5) is 0. The van der Waals surface area contributed by atoms with Gasteiger partial charge in [0, 0.05) is 5.92 Å². The van der Waals surface area contributed by atoms with Crippen LogP contribution in [0.1, 0.15) is 49.3 Å². The van der Waals surface area contributed by atoms with Crippen LogP contribution in [0.3, 0.4) is 0 Å². The van der Waals surface area contributed by atoms with Gasteiger partial charge in [-0.15, -0.1) is 0 Å². The molecule has 0 aliphatic heterocycles. The van der Waals surface area contributed by atoms with Crippen molar-refractivity contribution in [3.63, 3.8) is 0 Å². The lowest BCUT2D eigenvalue weighted by Crippen LogP contribution is -2.03. The van der Waals surface area contributed by atoms with E-state index in [4.69, 9.17) is 0 Å². The predicted molar refractivity (Wildman–Crippen MR) is 79.0 cm³/mol. The van der Waals surface area contributed by atoms with Gasteiger partial charge < -0.3 is 0 Å². The number of aryl methyl sites for hydroxylation is 1. The van der Waals surface area contributed by atoms with E-state index in [1.165, 1.54) is 29.5 Å². The lowest BCUT2D eigenvalue weighted by atomic mass is 9.85. The van der Waals surface area contributed by atoms with E-state index in [0.29, 0.717) is 5.92 Å². The maximum atomic E-state index is 2.30. The second-order valence-corrected chi connectivity index (χ2v) is 4.82. The maximum Gasteiger partial charge on any atom is 0.00894 e. The summed E-state index contributed by atoms with van der Waals surface area (Å²) in [6.45, 7) is 4.53. The van der Waals surface area contributed by atoms with Crippen LogP contribution in [0.15, 0.2) is 54.6 Å². The summed E-state index contributed by atoms with van der Waals surface area (Å²) in [5, 5.41) is 0. The van der Waals surface area contributed by atoms with Gasteiger partial charge in [0.05, 0.1) is 0 Å². The minimum Gasteiger partial charge on any atom is -0.0651 e. The highest BCUT2D eigenvalue weighted by Crippen LogP contribution is 2.30. The third-order valence-electron chi connectivity index (χ3n) is 3.56. The molecule has 0 bridgehead atoms. The largest absolute Gasteiger partial charge is 0.0651 e. The standard InChI is InChI=1S/C18H22/c1-3-10-15-13-8-9-14-18(15)17(4-2)16-11-6-5-7-12-16/h5-9,11-14,17H,3-4,10H2,1-2H3. The molecule has 2 rings (SSSR count). The Morgan fingerprint density at radius 2 is 1.50 bits per heavy atom. The van der Waals surface area contributed by atoms with Crippen molar-refractivity contribution in [2.75, 3.05) is 0 Å². The first-order chi connectivity index (χ1) is 8.86. The molecular weight excluding hydrogens is 216 g/mol. The van der Waals surface area contributed by atoms with Crippen LogP contribution in [0.2, 0.25) is 0 Å². The van der Waals surface area contributed by atoms with Crippen molar-refractivity contribution in [2.45, 2.75) is 39.0 Å². The van der Waals surface area contributed by atoms with E-state index in [1.807, 2.05) is 0 Å². The zero-order valence-corrected chi connectivity index (χ0v) is 11.4. The summed E-state index contributed by atoms with van der Waals surface area (Å²) in [6, 6.07) is 19.8. The molecular formula is C18H22. The van der Waals surface area contributed by atoms with Crippen LogP contribution in [0.4, 0.5) is 0 Å². The molecule has 94 valence electrons.